The number of ether oxygens (including phenoxy) is 1. The van der Waals surface area contributed by atoms with Gasteiger partial charge in [-0.05, 0) is 31.2 Å². The highest BCUT2D eigenvalue weighted by atomic mass is 19.4. The highest BCUT2D eigenvalue weighted by molar-refractivity contribution is 5.94. The Balaban J connectivity index is 1.40. The molecule has 0 atom stereocenters. The number of halogens is 3. The summed E-state index contributed by atoms with van der Waals surface area (Å²) in [6.07, 6.45) is 0.364. The first kappa shape index (κ1) is 20.6. The SMILES string of the molecule is Cc1nc(N2CCN(C(=O)c3ccc(OC(F)(F)F)cc3)CC2)cc(-n2ccnc2)n1. The number of hydrogen-bond acceptors (Lipinski definition) is 6. The average Bonchev–Trinajstić information content (AvgIpc) is 3.27. The van der Waals surface area contributed by atoms with Gasteiger partial charge >= 0.3 is 6.36 Å². The Kier molecular flexibility index (Phi) is 5.49. The fourth-order valence-corrected chi connectivity index (χ4v) is 3.35. The van der Waals surface area contributed by atoms with E-state index in [1.165, 1.54) is 12.1 Å². The Bertz CT molecular complexity index is 1050. The summed E-state index contributed by atoms with van der Waals surface area (Å²) in [5.41, 5.74) is 0.309. The molecule has 0 radical (unpaired) electrons. The largest absolute Gasteiger partial charge is 0.573 e. The number of imidazole rings is 1. The van der Waals surface area contributed by atoms with Crippen LogP contribution in [0.4, 0.5) is 19.0 Å². The smallest absolute Gasteiger partial charge is 0.406 e. The van der Waals surface area contributed by atoms with E-state index in [-0.39, 0.29) is 11.7 Å². The van der Waals surface area contributed by atoms with Crippen molar-refractivity contribution >= 4 is 11.7 Å². The number of hydrogen-bond donors (Lipinski definition) is 0. The number of alkyl halides is 3. The molecule has 1 aliphatic heterocycles. The third-order valence-corrected chi connectivity index (χ3v) is 4.81. The monoisotopic (exact) mass is 432 g/mol. The van der Waals surface area contributed by atoms with E-state index < -0.39 is 6.36 Å². The van der Waals surface area contributed by atoms with E-state index in [0.29, 0.717) is 43.4 Å². The van der Waals surface area contributed by atoms with Crippen LogP contribution >= 0.6 is 0 Å². The average molecular weight is 432 g/mol. The number of amides is 1. The van der Waals surface area contributed by atoms with Crippen molar-refractivity contribution in [2.24, 2.45) is 0 Å². The number of aryl methyl sites for hydroxylation is 1. The van der Waals surface area contributed by atoms with Gasteiger partial charge in [0.1, 0.15) is 29.5 Å². The van der Waals surface area contributed by atoms with Gasteiger partial charge in [-0.25, -0.2) is 15.0 Å². The maximum atomic E-state index is 12.7. The molecule has 31 heavy (non-hydrogen) atoms. The number of carbonyl (C=O) groups excluding carboxylic acids is 1. The Hall–Kier alpha value is -3.63. The van der Waals surface area contributed by atoms with Crippen LogP contribution in [0.25, 0.3) is 5.82 Å². The van der Waals surface area contributed by atoms with Gasteiger partial charge in [0, 0.05) is 50.2 Å². The fourth-order valence-electron chi connectivity index (χ4n) is 3.35. The lowest BCUT2D eigenvalue weighted by atomic mass is 10.1. The molecule has 1 saturated heterocycles. The number of rotatable bonds is 4. The number of nitrogens with zero attached hydrogens (tertiary/aromatic N) is 6. The van der Waals surface area contributed by atoms with E-state index >= 15 is 0 Å². The minimum atomic E-state index is -4.76. The van der Waals surface area contributed by atoms with Crippen LogP contribution in [-0.4, -0.2) is 62.9 Å². The number of aromatic nitrogens is 4. The zero-order valence-electron chi connectivity index (χ0n) is 16.6. The molecule has 1 amide bonds. The molecular formula is C20H19F3N6O2. The standard InChI is InChI=1S/C20H19F3N6O2/c1-14-25-17(12-18(26-14)29-7-6-24-13-29)27-8-10-28(11-9-27)19(30)15-2-4-16(5-3-15)31-20(21,22)23/h2-7,12-13H,8-11H2,1H3. The van der Waals surface area contributed by atoms with Gasteiger partial charge in [-0.2, -0.15) is 0 Å². The Morgan fingerprint density at radius 1 is 1.03 bits per heavy atom. The lowest BCUT2D eigenvalue weighted by Crippen LogP contribution is -2.49. The number of carbonyl (C=O) groups is 1. The normalized spacial score (nSPS) is 14.6. The van der Waals surface area contributed by atoms with Crippen LogP contribution in [-0.2, 0) is 0 Å². The maximum absolute atomic E-state index is 12.7. The molecule has 0 aliphatic carbocycles. The van der Waals surface area contributed by atoms with Gasteiger partial charge in [0.25, 0.3) is 5.91 Å². The first-order valence-electron chi connectivity index (χ1n) is 9.52. The molecule has 0 bridgehead atoms. The number of piperazine rings is 1. The second-order valence-electron chi connectivity index (χ2n) is 6.95. The topological polar surface area (TPSA) is 76.4 Å². The zero-order chi connectivity index (χ0) is 22.0. The number of benzene rings is 1. The van der Waals surface area contributed by atoms with E-state index in [4.69, 9.17) is 0 Å². The Labute approximate surface area is 175 Å². The maximum Gasteiger partial charge on any atom is 0.573 e. The second-order valence-corrected chi connectivity index (χ2v) is 6.95. The van der Waals surface area contributed by atoms with Crippen LogP contribution < -0.4 is 9.64 Å². The van der Waals surface area contributed by atoms with Crippen LogP contribution in [0.1, 0.15) is 16.2 Å². The summed E-state index contributed by atoms with van der Waals surface area (Å²) in [6.45, 7) is 3.88. The van der Waals surface area contributed by atoms with E-state index in [1.54, 1.807) is 28.2 Å². The molecule has 2 aromatic heterocycles. The molecule has 11 heteroatoms. The van der Waals surface area contributed by atoms with Gasteiger partial charge < -0.3 is 14.5 Å². The van der Waals surface area contributed by atoms with E-state index in [1.807, 2.05) is 13.0 Å². The fraction of sp³-hybridized carbons (Fsp3) is 0.300. The predicted molar refractivity (Wildman–Crippen MR) is 105 cm³/mol. The molecule has 3 aromatic rings. The van der Waals surface area contributed by atoms with Crippen molar-refractivity contribution in [2.75, 3.05) is 31.1 Å². The van der Waals surface area contributed by atoms with Gasteiger partial charge in [0.15, 0.2) is 0 Å². The first-order valence-corrected chi connectivity index (χ1v) is 9.52. The van der Waals surface area contributed by atoms with Crippen LogP contribution in [0, 0.1) is 6.92 Å². The molecule has 0 N–H and O–H groups in total. The molecule has 3 heterocycles. The van der Waals surface area contributed by atoms with E-state index in [0.717, 1.165) is 18.0 Å². The summed E-state index contributed by atoms with van der Waals surface area (Å²) >= 11 is 0. The zero-order valence-corrected chi connectivity index (χ0v) is 16.6. The van der Waals surface area contributed by atoms with Crippen molar-refractivity contribution in [1.29, 1.82) is 0 Å². The van der Waals surface area contributed by atoms with Gasteiger partial charge in [-0.15, -0.1) is 13.2 Å². The van der Waals surface area contributed by atoms with E-state index in [2.05, 4.69) is 24.6 Å². The van der Waals surface area contributed by atoms with Crippen molar-refractivity contribution < 1.29 is 22.7 Å². The van der Waals surface area contributed by atoms with Gasteiger partial charge in [-0.3, -0.25) is 9.36 Å². The molecule has 0 saturated carbocycles. The van der Waals surface area contributed by atoms with Crippen LogP contribution in [0.15, 0.2) is 49.1 Å². The summed E-state index contributed by atoms with van der Waals surface area (Å²) in [5.74, 6) is 1.50. The van der Waals surface area contributed by atoms with Crippen molar-refractivity contribution in [3.63, 3.8) is 0 Å². The summed E-state index contributed by atoms with van der Waals surface area (Å²) < 4.78 is 42.5. The van der Waals surface area contributed by atoms with Crippen LogP contribution in [0.3, 0.4) is 0 Å². The summed E-state index contributed by atoms with van der Waals surface area (Å²) in [7, 11) is 0. The molecule has 1 fully saturated rings. The van der Waals surface area contributed by atoms with Crippen LogP contribution in [0.5, 0.6) is 5.75 Å². The van der Waals surface area contributed by atoms with Gasteiger partial charge in [-0.1, -0.05) is 0 Å². The molecule has 0 spiro atoms. The van der Waals surface area contributed by atoms with Crippen molar-refractivity contribution in [3.8, 4) is 11.6 Å². The van der Waals surface area contributed by atoms with Crippen molar-refractivity contribution in [2.45, 2.75) is 13.3 Å². The van der Waals surface area contributed by atoms with Crippen molar-refractivity contribution in [1.82, 2.24) is 24.4 Å². The highest BCUT2D eigenvalue weighted by Gasteiger charge is 2.31. The quantitative estimate of drug-likeness (QED) is 0.631. The highest BCUT2D eigenvalue weighted by Crippen LogP contribution is 2.23. The predicted octanol–water partition coefficient (Wildman–Crippen LogP) is 2.83. The molecule has 0 unspecified atom stereocenters. The third kappa shape index (κ3) is 4.93. The molecule has 1 aromatic carbocycles. The third-order valence-electron chi connectivity index (χ3n) is 4.81. The summed E-state index contributed by atoms with van der Waals surface area (Å²) in [6, 6.07) is 6.81. The minimum absolute atomic E-state index is 0.240. The molecule has 4 rings (SSSR count). The van der Waals surface area contributed by atoms with Gasteiger partial charge in [0.2, 0.25) is 0 Å². The minimum Gasteiger partial charge on any atom is -0.406 e. The lowest BCUT2D eigenvalue weighted by Gasteiger charge is -2.35. The Morgan fingerprint density at radius 2 is 1.71 bits per heavy atom. The summed E-state index contributed by atoms with van der Waals surface area (Å²) in [4.78, 5) is 29.4. The summed E-state index contributed by atoms with van der Waals surface area (Å²) in [5, 5.41) is 0. The Morgan fingerprint density at radius 3 is 2.32 bits per heavy atom. The molecule has 1 aliphatic rings. The molecular weight excluding hydrogens is 413 g/mol. The van der Waals surface area contributed by atoms with Crippen molar-refractivity contribution in [3.05, 3.63) is 60.4 Å². The first-order chi connectivity index (χ1) is 14.8. The lowest BCUT2D eigenvalue weighted by molar-refractivity contribution is -0.274. The van der Waals surface area contributed by atoms with E-state index in [9.17, 15) is 18.0 Å². The molecule has 8 nitrogen and oxygen atoms in total. The van der Waals surface area contributed by atoms with Gasteiger partial charge in [0.05, 0.1) is 0 Å². The molecule has 162 valence electrons. The number of anilines is 1. The second kappa shape index (κ2) is 8.25. The van der Waals surface area contributed by atoms with Crippen LogP contribution in [0.2, 0.25) is 0 Å².